The summed E-state index contributed by atoms with van der Waals surface area (Å²) >= 11 is 1.89. The fourth-order valence-electron chi connectivity index (χ4n) is 2.34. The highest BCUT2D eigenvalue weighted by Gasteiger charge is 2.25. The zero-order valence-corrected chi connectivity index (χ0v) is 13.3. The number of amides is 1. The van der Waals surface area contributed by atoms with Gasteiger partial charge < -0.3 is 10.6 Å². The van der Waals surface area contributed by atoms with Crippen LogP contribution in [0.3, 0.4) is 0 Å². The smallest absolute Gasteiger partial charge is 0.222 e. The molecule has 1 aromatic rings. The van der Waals surface area contributed by atoms with Gasteiger partial charge in [0.2, 0.25) is 5.91 Å². The van der Waals surface area contributed by atoms with Gasteiger partial charge in [0.05, 0.1) is 0 Å². The minimum absolute atomic E-state index is 0. The summed E-state index contributed by atoms with van der Waals surface area (Å²) in [6, 6.07) is 10.5. The first-order chi connectivity index (χ1) is 9.29. The predicted molar refractivity (Wildman–Crippen MR) is 87.4 cm³/mol. The first-order valence-corrected chi connectivity index (χ1v) is 7.94. The van der Waals surface area contributed by atoms with Gasteiger partial charge in [0.1, 0.15) is 0 Å². The molecule has 1 atom stereocenters. The monoisotopic (exact) mass is 314 g/mol. The van der Waals surface area contributed by atoms with Crippen LogP contribution in [0.1, 0.15) is 19.3 Å². The van der Waals surface area contributed by atoms with Gasteiger partial charge in [-0.25, -0.2) is 0 Å². The zero-order valence-electron chi connectivity index (χ0n) is 11.7. The second-order valence-electron chi connectivity index (χ2n) is 5.01. The summed E-state index contributed by atoms with van der Waals surface area (Å²) in [6.07, 6.45) is 2.54. The maximum atomic E-state index is 11.9. The molecule has 0 aliphatic carbocycles. The number of likely N-dealkylation sites (tertiary alicyclic amines) is 1. The standard InChI is InChI=1S/C15H22N2OS.ClH/c16-9-4-7-15(18)17-10-8-13(11-17)12-19-14-5-2-1-3-6-14;/h1-3,5-6,13H,4,7-12,16H2;1H. The van der Waals surface area contributed by atoms with Gasteiger partial charge in [0.25, 0.3) is 0 Å². The number of nitrogens with two attached hydrogens (primary N) is 1. The summed E-state index contributed by atoms with van der Waals surface area (Å²) in [5, 5.41) is 0. The number of hydrogen-bond donors (Lipinski definition) is 1. The molecule has 2 rings (SSSR count). The van der Waals surface area contributed by atoms with Crippen LogP contribution in [-0.2, 0) is 4.79 Å². The predicted octanol–water partition coefficient (Wildman–Crippen LogP) is 2.79. The van der Waals surface area contributed by atoms with Gasteiger partial charge in [-0.05, 0) is 37.4 Å². The van der Waals surface area contributed by atoms with Crippen molar-refractivity contribution in [1.29, 1.82) is 0 Å². The van der Waals surface area contributed by atoms with Crippen molar-refractivity contribution in [2.75, 3.05) is 25.4 Å². The number of halogens is 1. The third-order valence-electron chi connectivity index (χ3n) is 3.46. The van der Waals surface area contributed by atoms with Crippen LogP contribution in [-0.4, -0.2) is 36.2 Å². The summed E-state index contributed by atoms with van der Waals surface area (Å²) in [7, 11) is 0. The lowest BCUT2D eigenvalue weighted by Crippen LogP contribution is -2.29. The summed E-state index contributed by atoms with van der Waals surface area (Å²) in [5.41, 5.74) is 5.44. The van der Waals surface area contributed by atoms with Crippen molar-refractivity contribution in [3.05, 3.63) is 30.3 Å². The van der Waals surface area contributed by atoms with E-state index in [9.17, 15) is 4.79 Å². The Morgan fingerprint density at radius 3 is 2.80 bits per heavy atom. The Hall–Kier alpha value is -0.710. The maximum Gasteiger partial charge on any atom is 0.222 e. The van der Waals surface area contributed by atoms with Gasteiger partial charge in [-0.2, -0.15) is 0 Å². The van der Waals surface area contributed by atoms with E-state index in [0.717, 1.165) is 31.7 Å². The molecule has 1 aliphatic rings. The third kappa shape index (κ3) is 5.35. The molecule has 1 fully saturated rings. The SMILES string of the molecule is Cl.NCCCC(=O)N1CCC(CSc2ccccc2)C1. The summed E-state index contributed by atoms with van der Waals surface area (Å²) in [6.45, 7) is 2.44. The molecule has 5 heteroatoms. The molecule has 3 nitrogen and oxygen atoms in total. The minimum Gasteiger partial charge on any atom is -0.342 e. The van der Waals surface area contributed by atoms with E-state index < -0.39 is 0 Å². The van der Waals surface area contributed by atoms with Crippen LogP contribution < -0.4 is 5.73 Å². The molecule has 2 N–H and O–H groups in total. The van der Waals surface area contributed by atoms with E-state index in [1.807, 2.05) is 22.7 Å². The molecule has 1 amide bonds. The Balaban J connectivity index is 0.00000200. The van der Waals surface area contributed by atoms with E-state index in [-0.39, 0.29) is 18.3 Å². The first kappa shape index (κ1) is 17.3. The molecule has 0 aromatic heterocycles. The van der Waals surface area contributed by atoms with Crippen molar-refractivity contribution >= 4 is 30.1 Å². The van der Waals surface area contributed by atoms with Crippen molar-refractivity contribution in [2.24, 2.45) is 11.7 Å². The Labute approximate surface area is 131 Å². The highest BCUT2D eigenvalue weighted by atomic mass is 35.5. The van der Waals surface area contributed by atoms with Crippen LogP contribution in [0.25, 0.3) is 0 Å². The highest BCUT2D eigenvalue weighted by molar-refractivity contribution is 7.99. The lowest BCUT2D eigenvalue weighted by atomic mass is 10.2. The number of benzene rings is 1. The Bertz CT molecular complexity index is 402. The quantitative estimate of drug-likeness (QED) is 0.821. The van der Waals surface area contributed by atoms with E-state index >= 15 is 0 Å². The van der Waals surface area contributed by atoms with Gasteiger partial charge in [-0.15, -0.1) is 24.2 Å². The van der Waals surface area contributed by atoms with Gasteiger partial charge in [-0.3, -0.25) is 4.79 Å². The van der Waals surface area contributed by atoms with E-state index in [4.69, 9.17) is 5.73 Å². The molecule has 1 unspecified atom stereocenters. The summed E-state index contributed by atoms with van der Waals surface area (Å²) < 4.78 is 0. The second kappa shape index (κ2) is 9.27. The molecular formula is C15H23ClN2OS. The molecule has 20 heavy (non-hydrogen) atoms. The highest BCUT2D eigenvalue weighted by Crippen LogP contribution is 2.26. The fourth-order valence-corrected chi connectivity index (χ4v) is 3.39. The fraction of sp³-hybridized carbons (Fsp3) is 0.533. The normalized spacial score (nSPS) is 17.9. The van der Waals surface area contributed by atoms with Crippen LogP contribution >= 0.6 is 24.2 Å². The van der Waals surface area contributed by atoms with Gasteiger partial charge in [-0.1, -0.05) is 18.2 Å². The Morgan fingerprint density at radius 2 is 2.10 bits per heavy atom. The topological polar surface area (TPSA) is 46.3 Å². The molecule has 112 valence electrons. The molecular weight excluding hydrogens is 292 g/mol. The van der Waals surface area contributed by atoms with E-state index in [0.29, 0.717) is 18.9 Å². The maximum absolute atomic E-state index is 11.9. The van der Waals surface area contributed by atoms with Crippen molar-refractivity contribution in [1.82, 2.24) is 4.90 Å². The first-order valence-electron chi connectivity index (χ1n) is 6.95. The molecule has 0 bridgehead atoms. The summed E-state index contributed by atoms with van der Waals surface area (Å²) in [4.78, 5) is 15.2. The average Bonchev–Trinajstić information content (AvgIpc) is 2.92. The third-order valence-corrected chi connectivity index (χ3v) is 4.71. The van der Waals surface area contributed by atoms with Crippen LogP contribution in [0.15, 0.2) is 35.2 Å². The van der Waals surface area contributed by atoms with Crippen LogP contribution in [0.2, 0.25) is 0 Å². The van der Waals surface area contributed by atoms with E-state index in [1.54, 1.807) is 0 Å². The van der Waals surface area contributed by atoms with Crippen molar-refractivity contribution in [2.45, 2.75) is 24.2 Å². The average molecular weight is 315 g/mol. The number of hydrogen-bond acceptors (Lipinski definition) is 3. The number of nitrogens with zero attached hydrogens (tertiary/aromatic N) is 1. The molecule has 0 radical (unpaired) electrons. The van der Waals surface area contributed by atoms with Crippen molar-refractivity contribution in [3.63, 3.8) is 0 Å². The van der Waals surface area contributed by atoms with Gasteiger partial charge >= 0.3 is 0 Å². The summed E-state index contributed by atoms with van der Waals surface area (Å²) in [5.74, 6) is 2.01. The van der Waals surface area contributed by atoms with E-state index in [2.05, 4.69) is 24.3 Å². The van der Waals surface area contributed by atoms with Gasteiger partial charge in [0, 0.05) is 30.2 Å². The molecule has 0 saturated carbocycles. The minimum atomic E-state index is 0. The lowest BCUT2D eigenvalue weighted by molar-refractivity contribution is -0.130. The molecule has 1 aromatic carbocycles. The number of carbonyl (C=O) groups excluding carboxylic acids is 1. The van der Waals surface area contributed by atoms with Crippen LogP contribution in [0.4, 0.5) is 0 Å². The Morgan fingerprint density at radius 1 is 1.35 bits per heavy atom. The van der Waals surface area contributed by atoms with Crippen molar-refractivity contribution in [3.8, 4) is 0 Å². The molecule has 1 aliphatic heterocycles. The zero-order chi connectivity index (χ0) is 13.5. The van der Waals surface area contributed by atoms with Crippen LogP contribution in [0.5, 0.6) is 0 Å². The van der Waals surface area contributed by atoms with Crippen molar-refractivity contribution < 1.29 is 4.79 Å². The number of rotatable bonds is 6. The van der Waals surface area contributed by atoms with Gasteiger partial charge in [0.15, 0.2) is 0 Å². The van der Waals surface area contributed by atoms with Crippen LogP contribution in [0, 0.1) is 5.92 Å². The number of carbonyl (C=O) groups is 1. The van der Waals surface area contributed by atoms with E-state index in [1.165, 1.54) is 4.90 Å². The molecule has 1 heterocycles. The number of thioether (sulfide) groups is 1. The Kier molecular flexibility index (Phi) is 8.04. The molecule has 0 spiro atoms. The molecule has 1 saturated heterocycles. The lowest BCUT2D eigenvalue weighted by Gasteiger charge is -2.16. The largest absolute Gasteiger partial charge is 0.342 e. The second-order valence-corrected chi connectivity index (χ2v) is 6.10.